The first-order valence-corrected chi connectivity index (χ1v) is 8.48. The van der Waals surface area contributed by atoms with Gasteiger partial charge in [0.15, 0.2) is 0 Å². The van der Waals surface area contributed by atoms with Gasteiger partial charge in [0.05, 0.1) is 17.3 Å². The van der Waals surface area contributed by atoms with Gasteiger partial charge in [-0.15, -0.1) is 36.2 Å². The van der Waals surface area contributed by atoms with Crippen LogP contribution in [-0.4, -0.2) is 35.7 Å². The molecule has 2 aliphatic rings. The van der Waals surface area contributed by atoms with Crippen LogP contribution in [-0.2, 0) is 16.0 Å². The summed E-state index contributed by atoms with van der Waals surface area (Å²) in [6.07, 6.45) is 2.82. The van der Waals surface area contributed by atoms with Gasteiger partial charge in [0.25, 0.3) is 0 Å². The molecule has 1 aromatic rings. The Morgan fingerprint density at radius 2 is 2.26 bits per heavy atom. The average molecular weight is 382 g/mol. The summed E-state index contributed by atoms with van der Waals surface area (Å²) in [5.74, 6) is 0.0926. The van der Waals surface area contributed by atoms with E-state index < -0.39 is 5.54 Å². The fraction of sp³-hybridized carbons (Fsp3) is 0.733. The van der Waals surface area contributed by atoms with E-state index in [1.807, 2.05) is 19.2 Å². The van der Waals surface area contributed by atoms with E-state index in [2.05, 4.69) is 10.3 Å². The van der Waals surface area contributed by atoms with Crippen molar-refractivity contribution in [3.05, 3.63) is 16.6 Å². The number of ether oxygens (including phenoxy) is 1. The molecule has 3 rings (SSSR count). The van der Waals surface area contributed by atoms with Crippen LogP contribution in [0.5, 0.6) is 0 Å². The maximum atomic E-state index is 12.6. The topological polar surface area (TPSA) is 77.2 Å². The summed E-state index contributed by atoms with van der Waals surface area (Å²) < 4.78 is 5.83. The molecule has 0 radical (unpaired) electrons. The zero-order chi connectivity index (χ0) is 15.1. The van der Waals surface area contributed by atoms with Gasteiger partial charge < -0.3 is 15.8 Å². The monoisotopic (exact) mass is 381 g/mol. The molecule has 3 unspecified atom stereocenters. The first-order valence-electron chi connectivity index (χ1n) is 7.54. The molecule has 8 heteroatoms. The number of fused-ring (bicyclic) bond motifs is 1. The van der Waals surface area contributed by atoms with E-state index in [0.29, 0.717) is 6.54 Å². The van der Waals surface area contributed by atoms with E-state index in [9.17, 15) is 4.79 Å². The molecule has 2 fully saturated rings. The lowest BCUT2D eigenvalue weighted by molar-refractivity contribution is -0.225. The summed E-state index contributed by atoms with van der Waals surface area (Å²) in [6, 6.07) is 0. The van der Waals surface area contributed by atoms with E-state index in [1.54, 1.807) is 16.8 Å². The van der Waals surface area contributed by atoms with Crippen molar-refractivity contribution in [3.8, 4) is 0 Å². The highest BCUT2D eigenvalue weighted by Gasteiger charge is 2.70. The third-order valence-electron chi connectivity index (χ3n) is 5.21. The number of hydrogen-bond donors (Lipinski definition) is 2. The number of aromatic nitrogens is 1. The number of nitrogens with zero attached hydrogens (tertiary/aromatic N) is 1. The number of carbonyl (C=O) groups is 1. The number of carbonyl (C=O) groups excluding carboxylic acids is 1. The van der Waals surface area contributed by atoms with Crippen molar-refractivity contribution < 1.29 is 9.53 Å². The SMILES string of the molecule is CC1(C)C2OCCCC2C1(N)C(=O)NCCc1cscn1.Cl.Cl. The Kier molecular flexibility index (Phi) is 6.87. The maximum Gasteiger partial charge on any atom is 0.241 e. The number of hydrogen-bond acceptors (Lipinski definition) is 5. The minimum absolute atomic E-state index is 0. The quantitative estimate of drug-likeness (QED) is 0.837. The molecule has 132 valence electrons. The molecule has 3 N–H and O–H groups in total. The molecular weight excluding hydrogens is 357 g/mol. The number of nitrogens with one attached hydrogen (secondary N) is 1. The molecule has 23 heavy (non-hydrogen) atoms. The summed E-state index contributed by atoms with van der Waals surface area (Å²) in [5, 5.41) is 5.00. The molecule has 1 aromatic heterocycles. The van der Waals surface area contributed by atoms with E-state index in [4.69, 9.17) is 10.5 Å². The Morgan fingerprint density at radius 3 is 2.91 bits per heavy atom. The fourth-order valence-electron chi connectivity index (χ4n) is 3.85. The van der Waals surface area contributed by atoms with Gasteiger partial charge in [-0.05, 0) is 12.8 Å². The molecule has 0 aromatic carbocycles. The highest BCUT2D eigenvalue weighted by molar-refractivity contribution is 7.07. The van der Waals surface area contributed by atoms with Gasteiger partial charge in [-0.3, -0.25) is 4.79 Å². The molecule has 5 nitrogen and oxygen atoms in total. The van der Waals surface area contributed by atoms with Crippen molar-refractivity contribution in [3.63, 3.8) is 0 Å². The Hall–Kier alpha value is -0.400. The lowest BCUT2D eigenvalue weighted by Gasteiger charge is -2.65. The molecule has 1 saturated carbocycles. The third kappa shape index (κ3) is 3.24. The number of nitrogens with two attached hydrogens (primary N) is 1. The van der Waals surface area contributed by atoms with Crippen LogP contribution in [0, 0.1) is 11.3 Å². The van der Waals surface area contributed by atoms with Gasteiger partial charge in [-0.25, -0.2) is 4.98 Å². The van der Waals surface area contributed by atoms with Gasteiger partial charge >= 0.3 is 0 Å². The second-order valence-electron chi connectivity index (χ2n) is 6.62. The van der Waals surface area contributed by atoms with Gasteiger partial charge in [0.2, 0.25) is 5.91 Å². The molecular formula is C15H25Cl2N3O2S. The predicted molar refractivity (Wildman–Crippen MR) is 96.5 cm³/mol. The molecule has 0 spiro atoms. The van der Waals surface area contributed by atoms with Gasteiger partial charge in [-0.1, -0.05) is 13.8 Å². The zero-order valence-electron chi connectivity index (χ0n) is 13.4. The Labute approximate surface area is 153 Å². The molecule has 0 bridgehead atoms. The summed E-state index contributed by atoms with van der Waals surface area (Å²) in [6.45, 7) is 5.45. The lowest BCUT2D eigenvalue weighted by atomic mass is 9.46. The first kappa shape index (κ1) is 20.6. The van der Waals surface area contributed by atoms with Crippen molar-refractivity contribution in [1.29, 1.82) is 0 Å². The smallest absolute Gasteiger partial charge is 0.241 e. The maximum absolute atomic E-state index is 12.6. The molecule has 1 saturated heterocycles. The molecule has 1 aliphatic heterocycles. The second-order valence-corrected chi connectivity index (χ2v) is 7.34. The van der Waals surface area contributed by atoms with Crippen molar-refractivity contribution in [2.45, 2.75) is 44.8 Å². The van der Waals surface area contributed by atoms with Gasteiger partial charge in [-0.2, -0.15) is 0 Å². The second kappa shape index (κ2) is 7.66. The highest BCUT2D eigenvalue weighted by atomic mass is 35.5. The van der Waals surface area contributed by atoms with Crippen LogP contribution >= 0.6 is 36.2 Å². The van der Waals surface area contributed by atoms with Crippen molar-refractivity contribution in [1.82, 2.24) is 10.3 Å². The summed E-state index contributed by atoms with van der Waals surface area (Å²) in [4.78, 5) is 16.9. The van der Waals surface area contributed by atoms with Crippen molar-refractivity contribution >= 4 is 42.1 Å². The zero-order valence-corrected chi connectivity index (χ0v) is 15.9. The van der Waals surface area contributed by atoms with Crippen LogP contribution in [0.25, 0.3) is 0 Å². The average Bonchev–Trinajstić information content (AvgIpc) is 2.99. The summed E-state index contributed by atoms with van der Waals surface area (Å²) in [7, 11) is 0. The Balaban J connectivity index is 0.00000132. The van der Waals surface area contributed by atoms with Gasteiger partial charge in [0, 0.05) is 36.3 Å². The normalized spacial score (nSPS) is 30.9. The molecule has 1 amide bonds. The number of thiazole rings is 1. The number of amides is 1. The van der Waals surface area contributed by atoms with Crippen LogP contribution in [0.4, 0.5) is 0 Å². The standard InChI is InChI=1S/C15H23N3O2S.2ClH/c1-14(2)12-11(4-3-7-20-12)15(14,16)13(19)17-6-5-10-8-21-9-18-10;;/h8-9,11-12H,3-7,16H2,1-2H3,(H,17,19);2*1H. The van der Waals surface area contributed by atoms with Crippen LogP contribution in [0.15, 0.2) is 10.9 Å². The number of rotatable bonds is 4. The summed E-state index contributed by atoms with van der Waals surface area (Å²) >= 11 is 1.57. The largest absolute Gasteiger partial charge is 0.377 e. The number of halogens is 2. The van der Waals surface area contributed by atoms with Crippen LogP contribution < -0.4 is 11.1 Å². The predicted octanol–water partition coefficient (Wildman–Crippen LogP) is 2.18. The third-order valence-corrected chi connectivity index (χ3v) is 5.85. The summed E-state index contributed by atoms with van der Waals surface area (Å²) in [5.41, 5.74) is 8.21. The molecule has 3 atom stereocenters. The van der Waals surface area contributed by atoms with Crippen molar-refractivity contribution in [2.75, 3.05) is 13.2 Å². The van der Waals surface area contributed by atoms with Crippen LogP contribution in [0.1, 0.15) is 32.4 Å². The lowest BCUT2D eigenvalue weighted by Crippen LogP contribution is -2.82. The van der Waals surface area contributed by atoms with E-state index in [0.717, 1.165) is 31.6 Å². The van der Waals surface area contributed by atoms with Crippen molar-refractivity contribution in [2.24, 2.45) is 17.1 Å². The minimum atomic E-state index is -0.819. The molecule has 2 heterocycles. The Bertz CT molecular complexity index is 527. The van der Waals surface area contributed by atoms with Crippen LogP contribution in [0.3, 0.4) is 0 Å². The molecule has 1 aliphatic carbocycles. The first-order chi connectivity index (χ1) is 9.98. The van der Waals surface area contributed by atoms with E-state index in [-0.39, 0.29) is 48.2 Å². The Morgan fingerprint density at radius 1 is 1.52 bits per heavy atom. The van der Waals surface area contributed by atoms with Crippen LogP contribution in [0.2, 0.25) is 0 Å². The fourth-order valence-corrected chi connectivity index (χ4v) is 4.44. The minimum Gasteiger partial charge on any atom is -0.377 e. The van der Waals surface area contributed by atoms with E-state index >= 15 is 0 Å². The van der Waals surface area contributed by atoms with E-state index in [1.165, 1.54) is 0 Å². The van der Waals surface area contributed by atoms with Gasteiger partial charge in [0.1, 0.15) is 5.54 Å². The highest BCUT2D eigenvalue weighted by Crippen LogP contribution is 2.57.